The molecule has 0 saturated heterocycles. The molecule has 0 heterocycles. The zero-order valence-electron chi connectivity index (χ0n) is 9.07. The van der Waals surface area contributed by atoms with E-state index in [1.54, 1.807) is 13.2 Å². The molecule has 1 aromatic carbocycles. The van der Waals surface area contributed by atoms with Gasteiger partial charge >= 0.3 is 5.97 Å². The topological polar surface area (TPSA) is 46.5 Å². The molecule has 1 rings (SSSR count). The highest BCUT2D eigenvalue weighted by Crippen LogP contribution is 2.23. The molecule has 0 atom stereocenters. The zero-order valence-corrected chi connectivity index (χ0v) is 9.07. The van der Waals surface area contributed by atoms with Crippen LogP contribution in [0.25, 0.3) is 6.08 Å². The lowest BCUT2D eigenvalue weighted by Crippen LogP contribution is -1.92. The number of carboxylic acid groups (broad SMARTS) is 1. The second-order valence-electron chi connectivity index (χ2n) is 3.34. The fourth-order valence-electron chi connectivity index (χ4n) is 1.33. The van der Waals surface area contributed by atoms with E-state index in [4.69, 9.17) is 9.84 Å². The summed E-state index contributed by atoms with van der Waals surface area (Å²) in [5.74, 6) is -0.174. The van der Waals surface area contributed by atoms with Crippen molar-refractivity contribution in [2.45, 2.75) is 13.8 Å². The van der Waals surface area contributed by atoms with Gasteiger partial charge in [0.15, 0.2) is 0 Å². The normalized spacial score (nSPS) is 10.6. The van der Waals surface area contributed by atoms with Gasteiger partial charge < -0.3 is 9.84 Å². The summed E-state index contributed by atoms with van der Waals surface area (Å²) in [7, 11) is 1.60. The molecular formula is C12H14O3. The Balaban J connectivity index is 3.11. The van der Waals surface area contributed by atoms with Crippen LogP contribution in [0.2, 0.25) is 0 Å². The molecule has 0 aliphatic heterocycles. The molecule has 80 valence electrons. The molecule has 0 bridgehead atoms. The van der Waals surface area contributed by atoms with Gasteiger partial charge in [0.25, 0.3) is 0 Å². The minimum Gasteiger partial charge on any atom is -0.496 e. The fourth-order valence-corrected chi connectivity index (χ4v) is 1.33. The highest BCUT2D eigenvalue weighted by Gasteiger charge is 2.02. The number of hydrogen-bond donors (Lipinski definition) is 1. The molecular weight excluding hydrogens is 192 g/mol. The van der Waals surface area contributed by atoms with Gasteiger partial charge in [-0.1, -0.05) is 6.07 Å². The maximum atomic E-state index is 10.4. The highest BCUT2D eigenvalue weighted by molar-refractivity contribution is 5.85. The third-order valence-electron chi connectivity index (χ3n) is 2.28. The van der Waals surface area contributed by atoms with E-state index >= 15 is 0 Å². The number of aryl methyl sites for hydroxylation is 1. The van der Waals surface area contributed by atoms with Crippen LogP contribution < -0.4 is 4.74 Å². The van der Waals surface area contributed by atoms with Crippen LogP contribution in [-0.2, 0) is 4.79 Å². The van der Waals surface area contributed by atoms with Crippen molar-refractivity contribution in [1.29, 1.82) is 0 Å². The Bertz CT molecular complexity index is 406. The molecule has 0 aliphatic carbocycles. The maximum Gasteiger partial charge on any atom is 0.328 e. The summed E-state index contributed by atoms with van der Waals surface area (Å²) < 4.78 is 5.19. The molecule has 0 aliphatic rings. The summed E-state index contributed by atoms with van der Waals surface area (Å²) >= 11 is 0. The van der Waals surface area contributed by atoms with Crippen LogP contribution in [0.3, 0.4) is 0 Å². The second-order valence-corrected chi connectivity index (χ2v) is 3.34. The third kappa shape index (κ3) is 2.84. The van der Waals surface area contributed by atoms with E-state index in [1.807, 2.05) is 26.0 Å². The average Bonchev–Trinajstić information content (AvgIpc) is 2.19. The summed E-state index contributed by atoms with van der Waals surface area (Å²) in [6.07, 6.45) is 2.67. The largest absolute Gasteiger partial charge is 0.496 e. The molecule has 3 heteroatoms. The fraction of sp³-hybridized carbons (Fsp3) is 0.250. The van der Waals surface area contributed by atoms with Crippen LogP contribution in [0.15, 0.2) is 18.2 Å². The van der Waals surface area contributed by atoms with Crippen LogP contribution in [0.1, 0.15) is 16.7 Å². The van der Waals surface area contributed by atoms with Crippen molar-refractivity contribution in [3.05, 3.63) is 34.9 Å². The summed E-state index contributed by atoms with van der Waals surface area (Å²) in [6, 6.07) is 3.75. The predicted octanol–water partition coefficient (Wildman–Crippen LogP) is 2.41. The molecule has 0 unspecified atom stereocenters. The first-order chi connectivity index (χ1) is 7.04. The van der Waals surface area contributed by atoms with E-state index in [0.717, 1.165) is 28.5 Å². The SMILES string of the molecule is COc1cc(/C=C/C(=O)O)cc(C)c1C. The van der Waals surface area contributed by atoms with Crippen LogP contribution >= 0.6 is 0 Å². The number of methoxy groups -OCH3 is 1. The standard InChI is InChI=1S/C12H14O3/c1-8-6-10(4-5-12(13)14)7-11(15-3)9(8)2/h4-7H,1-3H3,(H,13,14)/b5-4+. The maximum absolute atomic E-state index is 10.4. The van der Waals surface area contributed by atoms with Crippen molar-refractivity contribution in [2.75, 3.05) is 7.11 Å². The van der Waals surface area contributed by atoms with Gasteiger partial charge in [-0.15, -0.1) is 0 Å². The first-order valence-corrected chi connectivity index (χ1v) is 4.61. The van der Waals surface area contributed by atoms with Gasteiger partial charge in [0, 0.05) is 6.08 Å². The van der Waals surface area contributed by atoms with E-state index < -0.39 is 5.97 Å². The summed E-state index contributed by atoms with van der Waals surface area (Å²) in [6.45, 7) is 3.94. The Kier molecular flexibility index (Phi) is 3.50. The zero-order chi connectivity index (χ0) is 11.4. The summed E-state index contributed by atoms with van der Waals surface area (Å²) in [4.78, 5) is 10.4. The van der Waals surface area contributed by atoms with Gasteiger partial charge in [0.2, 0.25) is 0 Å². The molecule has 0 fully saturated rings. The number of carbonyl (C=O) groups is 1. The predicted molar refractivity (Wildman–Crippen MR) is 59.1 cm³/mol. The first kappa shape index (κ1) is 11.3. The monoisotopic (exact) mass is 206 g/mol. The number of benzene rings is 1. The Morgan fingerprint density at radius 3 is 2.60 bits per heavy atom. The molecule has 1 N–H and O–H groups in total. The highest BCUT2D eigenvalue weighted by atomic mass is 16.5. The van der Waals surface area contributed by atoms with E-state index in [2.05, 4.69) is 0 Å². The quantitative estimate of drug-likeness (QED) is 0.772. The number of ether oxygens (including phenoxy) is 1. The Hall–Kier alpha value is -1.77. The van der Waals surface area contributed by atoms with Crippen LogP contribution in [0.5, 0.6) is 5.75 Å². The number of hydrogen-bond acceptors (Lipinski definition) is 2. The van der Waals surface area contributed by atoms with E-state index in [-0.39, 0.29) is 0 Å². The lowest BCUT2D eigenvalue weighted by atomic mass is 10.0. The second kappa shape index (κ2) is 4.64. The third-order valence-corrected chi connectivity index (χ3v) is 2.28. The summed E-state index contributed by atoms with van der Waals surface area (Å²) in [5.41, 5.74) is 2.99. The first-order valence-electron chi connectivity index (χ1n) is 4.61. The lowest BCUT2D eigenvalue weighted by molar-refractivity contribution is -0.131. The van der Waals surface area contributed by atoms with E-state index in [9.17, 15) is 4.79 Å². The molecule has 1 aromatic rings. The van der Waals surface area contributed by atoms with E-state index in [0.29, 0.717) is 0 Å². The Morgan fingerprint density at radius 2 is 2.07 bits per heavy atom. The number of rotatable bonds is 3. The van der Waals surface area contributed by atoms with E-state index in [1.165, 1.54) is 0 Å². The van der Waals surface area contributed by atoms with Crippen molar-refractivity contribution in [3.63, 3.8) is 0 Å². The molecule has 0 amide bonds. The van der Waals surface area contributed by atoms with Gasteiger partial charge in [-0.3, -0.25) is 0 Å². The van der Waals surface area contributed by atoms with Gasteiger partial charge in [-0.2, -0.15) is 0 Å². The van der Waals surface area contributed by atoms with Gasteiger partial charge in [-0.05, 0) is 42.7 Å². The van der Waals surface area contributed by atoms with Crippen LogP contribution in [-0.4, -0.2) is 18.2 Å². The number of carboxylic acids is 1. The minimum absolute atomic E-state index is 0.778. The molecule has 0 radical (unpaired) electrons. The summed E-state index contributed by atoms with van der Waals surface area (Å²) in [5, 5.41) is 8.51. The van der Waals surface area contributed by atoms with Crippen molar-refractivity contribution in [1.82, 2.24) is 0 Å². The van der Waals surface area contributed by atoms with Gasteiger partial charge in [0.1, 0.15) is 5.75 Å². The Labute approximate surface area is 89.0 Å². The van der Waals surface area contributed by atoms with Crippen molar-refractivity contribution in [3.8, 4) is 5.75 Å². The van der Waals surface area contributed by atoms with Crippen LogP contribution in [0, 0.1) is 13.8 Å². The molecule has 0 aromatic heterocycles. The minimum atomic E-state index is -0.952. The molecule has 0 spiro atoms. The average molecular weight is 206 g/mol. The molecule has 3 nitrogen and oxygen atoms in total. The Morgan fingerprint density at radius 1 is 1.40 bits per heavy atom. The molecule has 15 heavy (non-hydrogen) atoms. The molecule has 0 saturated carbocycles. The van der Waals surface area contributed by atoms with Crippen molar-refractivity contribution < 1.29 is 14.6 Å². The van der Waals surface area contributed by atoms with Crippen molar-refractivity contribution >= 4 is 12.0 Å². The van der Waals surface area contributed by atoms with Crippen molar-refractivity contribution in [2.24, 2.45) is 0 Å². The van der Waals surface area contributed by atoms with Gasteiger partial charge in [0.05, 0.1) is 7.11 Å². The number of aliphatic carboxylic acids is 1. The lowest BCUT2D eigenvalue weighted by Gasteiger charge is -2.08. The smallest absolute Gasteiger partial charge is 0.328 e. The van der Waals surface area contributed by atoms with Crippen LogP contribution in [0.4, 0.5) is 0 Å². The van der Waals surface area contributed by atoms with Gasteiger partial charge in [-0.25, -0.2) is 4.79 Å².